The Labute approximate surface area is 152 Å². The predicted molar refractivity (Wildman–Crippen MR) is 93.2 cm³/mol. The van der Waals surface area contributed by atoms with Crippen LogP contribution in [0.2, 0.25) is 10.0 Å². The van der Waals surface area contributed by atoms with Gasteiger partial charge in [0.1, 0.15) is 0 Å². The van der Waals surface area contributed by atoms with Crippen molar-refractivity contribution in [2.45, 2.75) is 25.6 Å². The standard InChI is InChI=1S/C17H21Cl2NO4/c1-20(22-2)13(11-24-17-5-3-4-8-23-17)10-16(21)12-6-7-14(18)15(19)9-12/h6-7,9-10,17H,3-5,8,11H2,1-2H3/b13-10+. The Kier molecular flexibility index (Phi) is 7.52. The third-order valence-electron chi connectivity index (χ3n) is 3.74. The molecule has 24 heavy (non-hydrogen) atoms. The van der Waals surface area contributed by atoms with E-state index < -0.39 is 0 Å². The normalized spacial score (nSPS) is 18.5. The number of benzene rings is 1. The van der Waals surface area contributed by atoms with Crippen molar-refractivity contribution in [3.05, 3.63) is 45.6 Å². The summed E-state index contributed by atoms with van der Waals surface area (Å²) in [6.07, 6.45) is 4.20. The van der Waals surface area contributed by atoms with E-state index in [2.05, 4.69) is 0 Å². The highest BCUT2D eigenvalue weighted by atomic mass is 35.5. The van der Waals surface area contributed by atoms with Gasteiger partial charge >= 0.3 is 0 Å². The highest BCUT2D eigenvalue weighted by Gasteiger charge is 2.17. The minimum Gasteiger partial charge on any atom is -0.353 e. The molecule has 0 amide bonds. The Morgan fingerprint density at radius 3 is 2.79 bits per heavy atom. The van der Waals surface area contributed by atoms with Gasteiger partial charge in [-0.05, 0) is 37.5 Å². The number of ether oxygens (including phenoxy) is 2. The number of rotatable bonds is 7. The average Bonchev–Trinajstić information content (AvgIpc) is 2.60. The Bertz CT molecular complexity index is 600. The van der Waals surface area contributed by atoms with Gasteiger partial charge < -0.3 is 9.47 Å². The van der Waals surface area contributed by atoms with Crippen molar-refractivity contribution in [3.8, 4) is 0 Å². The zero-order valence-electron chi connectivity index (χ0n) is 13.8. The topological polar surface area (TPSA) is 48.0 Å². The zero-order chi connectivity index (χ0) is 17.5. The summed E-state index contributed by atoms with van der Waals surface area (Å²) in [4.78, 5) is 17.6. The first-order chi connectivity index (χ1) is 11.5. The van der Waals surface area contributed by atoms with Gasteiger partial charge in [0.2, 0.25) is 0 Å². The number of ketones is 1. The second-order valence-electron chi connectivity index (χ2n) is 5.42. The van der Waals surface area contributed by atoms with Gasteiger partial charge in [-0.15, -0.1) is 0 Å². The van der Waals surface area contributed by atoms with Gasteiger partial charge in [0.25, 0.3) is 0 Å². The third-order valence-corrected chi connectivity index (χ3v) is 4.47. The maximum atomic E-state index is 12.4. The lowest BCUT2D eigenvalue weighted by Crippen LogP contribution is -2.27. The Morgan fingerprint density at radius 1 is 1.38 bits per heavy atom. The van der Waals surface area contributed by atoms with E-state index in [0.717, 1.165) is 19.3 Å². The largest absolute Gasteiger partial charge is 0.353 e. The van der Waals surface area contributed by atoms with E-state index in [4.69, 9.17) is 37.5 Å². The molecule has 1 aromatic rings. The number of nitrogens with zero attached hydrogens (tertiary/aromatic N) is 1. The predicted octanol–water partition coefficient (Wildman–Crippen LogP) is 4.10. The first-order valence-electron chi connectivity index (χ1n) is 7.72. The smallest absolute Gasteiger partial charge is 0.187 e. The Morgan fingerprint density at radius 2 is 2.17 bits per heavy atom. The number of hydrogen-bond acceptors (Lipinski definition) is 5. The average molecular weight is 374 g/mol. The van der Waals surface area contributed by atoms with Crippen LogP contribution in [-0.4, -0.2) is 44.5 Å². The number of hydrogen-bond donors (Lipinski definition) is 0. The van der Waals surface area contributed by atoms with Gasteiger partial charge in [-0.1, -0.05) is 23.2 Å². The number of likely N-dealkylation sites (N-methyl/N-ethyl adjacent to an activating group) is 1. The van der Waals surface area contributed by atoms with Gasteiger partial charge in [-0.2, -0.15) is 0 Å². The molecule has 0 saturated carbocycles. The molecule has 0 aliphatic carbocycles. The fraction of sp³-hybridized carbons (Fsp3) is 0.471. The molecule has 1 aliphatic rings. The molecular weight excluding hydrogens is 353 g/mol. The number of halogens is 2. The van der Waals surface area contributed by atoms with E-state index in [1.807, 2.05) is 0 Å². The van der Waals surface area contributed by atoms with Crippen LogP contribution in [0.1, 0.15) is 29.6 Å². The molecule has 0 radical (unpaired) electrons. The van der Waals surface area contributed by atoms with Gasteiger partial charge in [0.05, 0.1) is 29.5 Å². The van der Waals surface area contributed by atoms with Crippen molar-refractivity contribution < 1.29 is 19.1 Å². The van der Waals surface area contributed by atoms with Crippen LogP contribution in [0.4, 0.5) is 0 Å². The Balaban J connectivity index is 2.08. The van der Waals surface area contributed by atoms with Crippen molar-refractivity contribution in [2.24, 2.45) is 0 Å². The lowest BCUT2D eigenvalue weighted by Gasteiger charge is -2.25. The first kappa shape index (κ1) is 19.2. The molecule has 7 heteroatoms. The summed E-state index contributed by atoms with van der Waals surface area (Å²) in [5.41, 5.74) is 1.03. The molecule has 132 valence electrons. The highest BCUT2D eigenvalue weighted by molar-refractivity contribution is 6.42. The molecule has 0 spiro atoms. The molecule has 5 nitrogen and oxygen atoms in total. The molecule has 1 unspecified atom stereocenters. The van der Waals surface area contributed by atoms with Crippen LogP contribution in [0.5, 0.6) is 0 Å². The lowest BCUT2D eigenvalue weighted by molar-refractivity contribution is -0.168. The maximum Gasteiger partial charge on any atom is 0.187 e. The number of allylic oxidation sites excluding steroid dienone is 1. The van der Waals surface area contributed by atoms with Crippen LogP contribution in [-0.2, 0) is 14.3 Å². The van der Waals surface area contributed by atoms with Gasteiger partial charge in [0.15, 0.2) is 12.1 Å². The lowest BCUT2D eigenvalue weighted by atomic mass is 10.1. The van der Waals surface area contributed by atoms with Crippen LogP contribution >= 0.6 is 23.2 Å². The van der Waals surface area contributed by atoms with Crippen LogP contribution in [0.25, 0.3) is 0 Å². The first-order valence-corrected chi connectivity index (χ1v) is 8.48. The fourth-order valence-electron chi connectivity index (χ4n) is 2.25. The van der Waals surface area contributed by atoms with Crippen LogP contribution in [0, 0.1) is 0 Å². The fourth-order valence-corrected chi connectivity index (χ4v) is 2.54. The summed E-state index contributed by atoms with van der Waals surface area (Å²) in [6.45, 7) is 0.911. The van der Waals surface area contributed by atoms with Crippen molar-refractivity contribution >= 4 is 29.0 Å². The Hall–Kier alpha value is -1.11. The van der Waals surface area contributed by atoms with E-state index in [1.165, 1.54) is 24.3 Å². The van der Waals surface area contributed by atoms with Crippen molar-refractivity contribution in [1.82, 2.24) is 5.06 Å². The quantitative estimate of drug-likeness (QED) is 0.409. The van der Waals surface area contributed by atoms with E-state index in [1.54, 1.807) is 19.2 Å². The van der Waals surface area contributed by atoms with E-state index >= 15 is 0 Å². The van der Waals surface area contributed by atoms with Crippen molar-refractivity contribution in [3.63, 3.8) is 0 Å². The summed E-state index contributed by atoms with van der Waals surface area (Å²) < 4.78 is 11.3. The number of carbonyl (C=O) groups excluding carboxylic acids is 1. The molecule has 1 aromatic carbocycles. The second-order valence-corrected chi connectivity index (χ2v) is 6.23. The minimum absolute atomic E-state index is 0.208. The molecule has 1 heterocycles. The minimum atomic E-state index is -0.243. The van der Waals surface area contributed by atoms with E-state index in [-0.39, 0.29) is 18.7 Å². The molecule has 1 saturated heterocycles. The molecule has 1 fully saturated rings. The van der Waals surface area contributed by atoms with Crippen LogP contribution in [0.3, 0.4) is 0 Å². The summed E-state index contributed by atoms with van der Waals surface area (Å²) in [5.74, 6) is -0.208. The van der Waals surface area contributed by atoms with E-state index in [0.29, 0.717) is 27.9 Å². The molecule has 0 bridgehead atoms. The molecule has 1 aliphatic heterocycles. The summed E-state index contributed by atoms with van der Waals surface area (Å²) in [5, 5.41) is 2.23. The summed E-state index contributed by atoms with van der Waals surface area (Å²) in [7, 11) is 3.23. The third kappa shape index (κ3) is 5.46. The van der Waals surface area contributed by atoms with Crippen LogP contribution in [0.15, 0.2) is 30.0 Å². The van der Waals surface area contributed by atoms with Crippen molar-refractivity contribution in [2.75, 3.05) is 27.4 Å². The zero-order valence-corrected chi connectivity index (χ0v) is 15.3. The second kappa shape index (κ2) is 9.39. The van der Waals surface area contributed by atoms with Gasteiger partial charge in [-0.25, -0.2) is 0 Å². The van der Waals surface area contributed by atoms with Crippen LogP contribution < -0.4 is 0 Å². The van der Waals surface area contributed by atoms with Gasteiger partial charge in [0, 0.05) is 25.3 Å². The maximum absolute atomic E-state index is 12.4. The molecule has 0 aromatic heterocycles. The van der Waals surface area contributed by atoms with E-state index in [9.17, 15) is 4.79 Å². The monoisotopic (exact) mass is 373 g/mol. The van der Waals surface area contributed by atoms with Gasteiger partial charge in [-0.3, -0.25) is 14.7 Å². The summed E-state index contributed by atoms with van der Waals surface area (Å²) >= 11 is 11.8. The highest BCUT2D eigenvalue weighted by Crippen LogP contribution is 2.23. The SMILES string of the molecule is CON(C)/C(=C/C(=O)c1ccc(Cl)c(Cl)c1)COC1CCCCO1. The summed E-state index contributed by atoms with van der Waals surface area (Å²) in [6, 6.07) is 4.76. The molecule has 0 N–H and O–H groups in total. The van der Waals surface area contributed by atoms with Crippen molar-refractivity contribution in [1.29, 1.82) is 0 Å². The molecule has 1 atom stereocenters. The number of hydroxylamine groups is 2. The molecule has 2 rings (SSSR count). The molecular formula is C17H21Cl2NO4. The number of carbonyl (C=O) groups is 1.